The zero-order valence-electron chi connectivity index (χ0n) is 13.9. The smallest absolute Gasteiger partial charge is 0.417 e. The molecular formula is C19H16F3NO2. The first-order valence-corrected chi connectivity index (χ1v) is 7.46. The molecule has 130 valence electrons. The van der Waals surface area contributed by atoms with Crippen LogP contribution in [0.15, 0.2) is 42.5 Å². The standard InChI is InChI=1S/C19H16F3NO2/c1-18(2,3)25-17(24)13-6-4-12(5-7-13)14-8-9-16(19(20,21)22)15(10-14)11-23/h4-10H,1-3H3. The van der Waals surface area contributed by atoms with Crippen molar-refractivity contribution in [3.63, 3.8) is 0 Å². The maximum Gasteiger partial charge on any atom is 0.417 e. The average molecular weight is 347 g/mol. The van der Waals surface area contributed by atoms with Crippen molar-refractivity contribution in [2.24, 2.45) is 0 Å². The van der Waals surface area contributed by atoms with Crippen molar-refractivity contribution in [1.29, 1.82) is 5.26 Å². The Balaban J connectivity index is 2.32. The van der Waals surface area contributed by atoms with Crippen molar-refractivity contribution < 1.29 is 22.7 Å². The molecule has 0 radical (unpaired) electrons. The van der Waals surface area contributed by atoms with Crippen molar-refractivity contribution >= 4 is 5.97 Å². The van der Waals surface area contributed by atoms with Gasteiger partial charge in [-0.1, -0.05) is 18.2 Å². The first-order chi connectivity index (χ1) is 11.5. The molecule has 0 atom stereocenters. The van der Waals surface area contributed by atoms with Crippen LogP contribution >= 0.6 is 0 Å². The summed E-state index contributed by atoms with van der Waals surface area (Å²) in [6.07, 6.45) is -4.58. The first kappa shape index (κ1) is 18.5. The minimum Gasteiger partial charge on any atom is -0.456 e. The number of esters is 1. The second-order valence-corrected chi connectivity index (χ2v) is 6.45. The first-order valence-electron chi connectivity index (χ1n) is 7.46. The van der Waals surface area contributed by atoms with E-state index in [0.29, 0.717) is 16.7 Å². The Labute approximate surface area is 143 Å². The van der Waals surface area contributed by atoms with Gasteiger partial charge in [-0.25, -0.2) is 4.79 Å². The highest BCUT2D eigenvalue weighted by atomic mass is 19.4. The van der Waals surface area contributed by atoms with Crippen molar-refractivity contribution in [2.45, 2.75) is 32.5 Å². The summed E-state index contributed by atoms with van der Waals surface area (Å²) in [4.78, 5) is 12.0. The number of benzene rings is 2. The molecule has 0 N–H and O–H groups in total. The van der Waals surface area contributed by atoms with E-state index in [-0.39, 0.29) is 0 Å². The number of rotatable bonds is 2. The van der Waals surface area contributed by atoms with E-state index in [2.05, 4.69) is 0 Å². The molecule has 3 nitrogen and oxygen atoms in total. The summed E-state index contributed by atoms with van der Waals surface area (Å²) in [5.41, 5.74) is -0.639. The minimum atomic E-state index is -4.58. The lowest BCUT2D eigenvalue weighted by Gasteiger charge is -2.19. The largest absolute Gasteiger partial charge is 0.456 e. The second-order valence-electron chi connectivity index (χ2n) is 6.45. The lowest BCUT2D eigenvalue weighted by molar-refractivity contribution is -0.137. The van der Waals surface area contributed by atoms with Gasteiger partial charge in [0, 0.05) is 0 Å². The molecule has 0 aromatic heterocycles. The van der Waals surface area contributed by atoms with E-state index in [9.17, 15) is 18.0 Å². The van der Waals surface area contributed by atoms with Crippen LogP contribution in [0.5, 0.6) is 0 Å². The Morgan fingerprint density at radius 3 is 2.04 bits per heavy atom. The molecule has 0 aliphatic rings. The molecule has 0 heterocycles. The van der Waals surface area contributed by atoms with Crippen LogP contribution in [0.1, 0.15) is 42.3 Å². The highest BCUT2D eigenvalue weighted by Gasteiger charge is 2.33. The van der Waals surface area contributed by atoms with Gasteiger partial charge in [-0.05, 0) is 56.2 Å². The van der Waals surface area contributed by atoms with Crippen molar-refractivity contribution in [3.8, 4) is 17.2 Å². The van der Waals surface area contributed by atoms with Gasteiger partial charge >= 0.3 is 12.1 Å². The van der Waals surface area contributed by atoms with Crippen molar-refractivity contribution in [3.05, 3.63) is 59.2 Å². The van der Waals surface area contributed by atoms with E-state index >= 15 is 0 Å². The Bertz CT molecular complexity index is 826. The highest BCUT2D eigenvalue weighted by molar-refractivity contribution is 5.90. The fourth-order valence-electron chi connectivity index (χ4n) is 2.20. The van der Waals surface area contributed by atoms with Crippen LogP contribution in [0.3, 0.4) is 0 Å². The fourth-order valence-corrected chi connectivity index (χ4v) is 2.20. The molecule has 0 fully saturated rings. The average Bonchev–Trinajstić information content (AvgIpc) is 2.52. The van der Waals surface area contributed by atoms with Gasteiger partial charge in [0.2, 0.25) is 0 Å². The molecule has 0 bridgehead atoms. The Morgan fingerprint density at radius 2 is 1.56 bits per heavy atom. The fraction of sp³-hybridized carbons (Fsp3) is 0.263. The van der Waals surface area contributed by atoms with Gasteiger partial charge in [0.15, 0.2) is 0 Å². The third-order valence-electron chi connectivity index (χ3n) is 3.30. The number of ether oxygens (including phenoxy) is 1. The molecule has 2 aromatic carbocycles. The van der Waals surface area contributed by atoms with E-state index in [1.54, 1.807) is 39.0 Å². The van der Waals surface area contributed by atoms with Crippen LogP contribution in [-0.2, 0) is 10.9 Å². The monoisotopic (exact) mass is 347 g/mol. The summed E-state index contributed by atoms with van der Waals surface area (Å²) in [6.45, 7) is 5.26. The van der Waals surface area contributed by atoms with Gasteiger partial charge in [-0.15, -0.1) is 0 Å². The summed E-state index contributed by atoms with van der Waals surface area (Å²) in [6, 6.07) is 11.2. The molecule has 0 aliphatic carbocycles. The predicted molar refractivity (Wildman–Crippen MR) is 86.8 cm³/mol. The summed E-state index contributed by atoms with van der Waals surface area (Å²) < 4.78 is 43.8. The molecule has 25 heavy (non-hydrogen) atoms. The van der Waals surface area contributed by atoms with Gasteiger partial charge in [0.25, 0.3) is 0 Å². The molecule has 0 saturated heterocycles. The SMILES string of the molecule is CC(C)(C)OC(=O)c1ccc(-c2ccc(C(F)(F)F)c(C#N)c2)cc1. The lowest BCUT2D eigenvalue weighted by Crippen LogP contribution is -2.23. The summed E-state index contributed by atoms with van der Waals surface area (Å²) in [7, 11) is 0. The summed E-state index contributed by atoms with van der Waals surface area (Å²) >= 11 is 0. The van der Waals surface area contributed by atoms with Gasteiger partial charge in [-0.3, -0.25) is 0 Å². The number of halogens is 3. The molecule has 0 saturated carbocycles. The summed E-state index contributed by atoms with van der Waals surface area (Å²) in [5.74, 6) is -0.482. The third-order valence-corrected chi connectivity index (χ3v) is 3.30. The van der Waals surface area contributed by atoms with Gasteiger partial charge < -0.3 is 4.74 Å². The van der Waals surface area contributed by atoms with E-state index in [1.165, 1.54) is 24.3 Å². The second kappa shape index (κ2) is 6.60. The normalized spacial score (nSPS) is 11.7. The van der Waals surface area contributed by atoms with E-state index in [0.717, 1.165) is 6.07 Å². The van der Waals surface area contributed by atoms with E-state index in [1.807, 2.05) is 0 Å². The maximum absolute atomic E-state index is 12.8. The predicted octanol–water partition coefficient (Wildman–Crippen LogP) is 5.20. The number of hydrogen-bond donors (Lipinski definition) is 0. The van der Waals surface area contributed by atoms with Crippen molar-refractivity contribution in [2.75, 3.05) is 0 Å². The quantitative estimate of drug-likeness (QED) is 0.702. The number of carbonyl (C=O) groups is 1. The molecule has 6 heteroatoms. The van der Waals surface area contributed by atoms with E-state index in [4.69, 9.17) is 10.00 Å². The molecule has 2 rings (SSSR count). The Hall–Kier alpha value is -2.81. The zero-order valence-corrected chi connectivity index (χ0v) is 13.9. The summed E-state index contributed by atoms with van der Waals surface area (Å²) in [5, 5.41) is 8.97. The van der Waals surface area contributed by atoms with E-state index < -0.39 is 28.9 Å². The molecule has 0 unspecified atom stereocenters. The maximum atomic E-state index is 12.8. The lowest BCUT2D eigenvalue weighted by atomic mass is 9.98. The van der Waals surface area contributed by atoms with Crippen LogP contribution in [0.4, 0.5) is 13.2 Å². The molecule has 0 amide bonds. The van der Waals surface area contributed by atoms with Crippen LogP contribution in [0, 0.1) is 11.3 Å². The number of nitriles is 1. The van der Waals surface area contributed by atoms with Crippen molar-refractivity contribution in [1.82, 2.24) is 0 Å². The third kappa shape index (κ3) is 4.60. The number of hydrogen-bond acceptors (Lipinski definition) is 3. The minimum absolute atomic E-state index is 0.339. The van der Waals surface area contributed by atoms with Crippen LogP contribution < -0.4 is 0 Å². The van der Waals surface area contributed by atoms with Gasteiger partial charge in [0.1, 0.15) is 5.60 Å². The Kier molecular flexibility index (Phi) is 4.89. The highest BCUT2D eigenvalue weighted by Crippen LogP contribution is 2.34. The topological polar surface area (TPSA) is 50.1 Å². The van der Waals surface area contributed by atoms with Crippen LogP contribution in [-0.4, -0.2) is 11.6 Å². The van der Waals surface area contributed by atoms with Gasteiger partial charge in [0.05, 0.1) is 22.8 Å². The molecule has 0 aliphatic heterocycles. The molecule has 0 spiro atoms. The zero-order chi connectivity index (χ0) is 18.8. The number of carbonyl (C=O) groups excluding carboxylic acids is 1. The molecule has 2 aromatic rings. The number of alkyl halides is 3. The molecular weight excluding hydrogens is 331 g/mol. The Morgan fingerprint density at radius 1 is 1.00 bits per heavy atom. The number of nitrogens with zero attached hydrogens (tertiary/aromatic N) is 1. The van der Waals surface area contributed by atoms with Crippen LogP contribution in [0.25, 0.3) is 11.1 Å². The van der Waals surface area contributed by atoms with Crippen LogP contribution in [0.2, 0.25) is 0 Å². The van der Waals surface area contributed by atoms with Gasteiger partial charge in [-0.2, -0.15) is 18.4 Å².